The number of nitrogens with one attached hydrogen (secondary N) is 2. The van der Waals surface area contributed by atoms with Crippen molar-refractivity contribution in [2.45, 2.75) is 53.0 Å². The predicted octanol–water partition coefficient (Wildman–Crippen LogP) is 6.63. The Bertz CT molecular complexity index is 1590. The first-order valence-corrected chi connectivity index (χ1v) is 15.5. The molecule has 5 rings (SSSR count). The molecule has 44 heavy (non-hydrogen) atoms. The summed E-state index contributed by atoms with van der Waals surface area (Å²) in [5, 5.41) is 6.51. The lowest BCUT2D eigenvalue weighted by Gasteiger charge is -2.38. The molecule has 228 valence electrons. The van der Waals surface area contributed by atoms with Crippen molar-refractivity contribution in [1.29, 1.82) is 0 Å². The van der Waals surface area contributed by atoms with Crippen LogP contribution in [0, 0.1) is 6.92 Å². The summed E-state index contributed by atoms with van der Waals surface area (Å²) in [5.41, 5.74) is 7.58. The number of amides is 2. The molecule has 2 aliphatic rings. The van der Waals surface area contributed by atoms with Crippen molar-refractivity contribution in [1.82, 2.24) is 14.8 Å². The monoisotopic (exact) mass is 590 g/mol. The van der Waals surface area contributed by atoms with Crippen molar-refractivity contribution in [2.75, 3.05) is 36.8 Å². The van der Waals surface area contributed by atoms with Gasteiger partial charge in [0.1, 0.15) is 5.84 Å². The number of anilines is 2. The highest BCUT2D eigenvalue weighted by Gasteiger charge is 2.31. The predicted molar refractivity (Wildman–Crippen MR) is 179 cm³/mol. The molecule has 2 N–H and O–H groups in total. The molecule has 8 nitrogen and oxygen atoms in total. The minimum absolute atomic E-state index is 0.129. The average Bonchev–Trinajstić information content (AvgIpc) is 3.46. The zero-order chi connectivity index (χ0) is 31.1. The third-order valence-electron chi connectivity index (χ3n) is 8.33. The molecule has 1 aliphatic heterocycles. The van der Waals surface area contributed by atoms with Crippen LogP contribution in [-0.4, -0.2) is 58.6 Å². The minimum atomic E-state index is -0.129. The van der Waals surface area contributed by atoms with Crippen LogP contribution in [0.4, 0.5) is 11.4 Å². The SMILES string of the molecule is CC/C=C/C=C(\N=C(C)Nc1cc(NC(=O)c2ccc3c(c2)CCC3N2CCN(C(C)=O)CC2)ccc1C)c1cccnc1. The second-order valence-corrected chi connectivity index (χ2v) is 11.4. The molecule has 2 aromatic carbocycles. The van der Waals surface area contributed by atoms with Crippen LogP contribution >= 0.6 is 0 Å². The van der Waals surface area contributed by atoms with Crippen LogP contribution in [0.5, 0.6) is 0 Å². The Morgan fingerprint density at radius 3 is 2.57 bits per heavy atom. The lowest BCUT2D eigenvalue weighted by atomic mass is 10.0. The van der Waals surface area contributed by atoms with E-state index in [0.717, 1.165) is 73.8 Å². The zero-order valence-electron chi connectivity index (χ0n) is 26.1. The lowest BCUT2D eigenvalue weighted by molar-refractivity contribution is -0.130. The van der Waals surface area contributed by atoms with E-state index in [4.69, 9.17) is 4.99 Å². The van der Waals surface area contributed by atoms with E-state index in [1.807, 2.05) is 73.4 Å². The molecule has 0 radical (unpaired) electrons. The van der Waals surface area contributed by atoms with Crippen molar-refractivity contribution in [3.8, 4) is 0 Å². The van der Waals surface area contributed by atoms with Crippen LogP contribution in [0.25, 0.3) is 5.70 Å². The largest absolute Gasteiger partial charge is 0.344 e. The van der Waals surface area contributed by atoms with Crippen molar-refractivity contribution in [3.05, 3.63) is 107 Å². The number of rotatable bonds is 8. The summed E-state index contributed by atoms with van der Waals surface area (Å²) in [6.45, 7) is 11.0. The molecule has 2 heterocycles. The van der Waals surface area contributed by atoms with Crippen molar-refractivity contribution in [3.63, 3.8) is 0 Å². The molecule has 0 bridgehead atoms. The van der Waals surface area contributed by atoms with Gasteiger partial charge in [-0.25, -0.2) is 4.99 Å². The number of allylic oxidation sites excluding steroid dienone is 3. The van der Waals surface area contributed by atoms with Crippen molar-refractivity contribution in [2.24, 2.45) is 4.99 Å². The molecule has 1 aromatic heterocycles. The normalized spacial score (nSPS) is 17.5. The number of amidine groups is 1. The molecular formula is C36H42N6O2. The zero-order valence-corrected chi connectivity index (χ0v) is 26.1. The van der Waals surface area contributed by atoms with Gasteiger partial charge < -0.3 is 15.5 Å². The van der Waals surface area contributed by atoms with Gasteiger partial charge in [0.2, 0.25) is 5.91 Å². The van der Waals surface area contributed by atoms with Crippen LogP contribution < -0.4 is 10.6 Å². The number of fused-ring (bicyclic) bond motifs is 1. The Morgan fingerprint density at radius 2 is 1.84 bits per heavy atom. The molecule has 8 heteroatoms. The summed E-state index contributed by atoms with van der Waals surface area (Å²) in [6, 6.07) is 16.2. The van der Waals surface area contributed by atoms with Gasteiger partial charge in [-0.2, -0.15) is 0 Å². The lowest BCUT2D eigenvalue weighted by Crippen LogP contribution is -2.48. The highest BCUT2D eigenvalue weighted by molar-refractivity contribution is 6.05. The van der Waals surface area contributed by atoms with E-state index in [1.54, 1.807) is 19.3 Å². The number of carbonyl (C=O) groups is 2. The van der Waals surface area contributed by atoms with Gasteiger partial charge >= 0.3 is 0 Å². The fourth-order valence-electron chi connectivity index (χ4n) is 5.91. The Balaban J connectivity index is 1.26. The molecule has 1 unspecified atom stereocenters. The summed E-state index contributed by atoms with van der Waals surface area (Å²) in [6.07, 6.45) is 12.6. The number of pyridine rings is 1. The van der Waals surface area contributed by atoms with Crippen molar-refractivity contribution >= 4 is 34.7 Å². The standard InChI is InChI=1S/C36H42N6O2/c1-5-6-7-10-33(30-9-8-17-37-24-30)38-26(3)39-34-23-31(14-11-25(34)2)40-36(44)29-12-15-32-28(22-29)13-16-35(32)42-20-18-41(19-21-42)27(4)43/h6-12,14-15,17,22-24,35H,5,13,16,18-21H2,1-4H3,(H,38,39)(H,40,44)/b7-6+,33-10-. The van der Waals surface area contributed by atoms with E-state index in [-0.39, 0.29) is 11.8 Å². The number of aliphatic imine (C=N–C) groups is 1. The second-order valence-electron chi connectivity index (χ2n) is 11.4. The third kappa shape index (κ3) is 7.50. The topological polar surface area (TPSA) is 89.9 Å². The van der Waals surface area contributed by atoms with Gasteiger partial charge in [0.15, 0.2) is 0 Å². The maximum Gasteiger partial charge on any atom is 0.255 e. The van der Waals surface area contributed by atoms with Crippen LogP contribution in [-0.2, 0) is 11.2 Å². The maximum absolute atomic E-state index is 13.3. The average molecular weight is 591 g/mol. The Hall–Kier alpha value is -4.56. The summed E-state index contributed by atoms with van der Waals surface area (Å²) >= 11 is 0. The molecule has 3 aromatic rings. The molecular weight excluding hydrogens is 548 g/mol. The first-order valence-electron chi connectivity index (χ1n) is 15.5. The van der Waals surface area contributed by atoms with Gasteiger partial charge in [-0.1, -0.05) is 31.2 Å². The van der Waals surface area contributed by atoms with E-state index in [1.165, 1.54) is 11.1 Å². The quantitative estimate of drug-likeness (QED) is 0.175. The molecule has 1 fully saturated rings. The van der Waals surface area contributed by atoms with Gasteiger partial charge in [-0.05, 0) is 92.3 Å². The number of hydrogen-bond acceptors (Lipinski definition) is 5. The highest BCUT2D eigenvalue weighted by atomic mass is 16.2. The second kappa shape index (κ2) is 14.3. The van der Waals surface area contributed by atoms with E-state index in [2.05, 4.69) is 39.6 Å². The van der Waals surface area contributed by atoms with Gasteiger partial charge in [0.05, 0.1) is 5.70 Å². The number of piperazine rings is 1. The number of nitrogens with zero attached hydrogens (tertiary/aromatic N) is 4. The Kier molecular flexibility index (Phi) is 10.0. The van der Waals surface area contributed by atoms with Crippen molar-refractivity contribution < 1.29 is 9.59 Å². The highest BCUT2D eigenvalue weighted by Crippen LogP contribution is 2.37. The van der Waals surface area contributed by atoms with Gasteiger partial charge in [0.25, 0.3) is 5.91 Å². The van der Waals surface area contributed by atoms with E-state index < -0.39 is 0 Å². The summed E-state index contributed by atoms with van der Waals surface area (Å²) < 4.78 is 0. The summed E-state index contributed by atoms with van der Waals surface area (Å²) in [7, 11) is 0. The summed E-state index contributed by atoms with van der Waals surface area (Å²) in [4.78, 5) is 38.5. The number of aromatic nitrogens is 1. The smallest absolute Gasteiger partial charge is 0.255 e. The first kappa shape index (κ1) is 30.9. The van der Waals surface area contributed by atoms with Crippen LogP contribution in [0.2, 0.25) is 0 Å². The molecule has 1 saturated heterocycles. The fourth-order valence-corrected chi connectivity index (χ4v) is 5.91. The molecule has 0 spiro atoms. The first-order chi connectivity index (χ1) is 21.3. The molecule has 2 amide bonds. The fraction of sp³-hybridized carbons (Fsp3) is 0.333. The Morgan fingerprint density at radius 1 is 1.02 bits per heavy atom. The number of benzene rings is 2. The van der Waals surface area contributed by atoms with Crippen LogP contribution in [0.15, 0.2) is 84.1 Å². The minimum Gasteiger partial charge on any atom is -0.344 e. The van der Waals surface area contributed by atoms with Crippen LogP contribution in [0.1, 0.15) is 72.3 Å². The number of aryl methyl sites for hydroxylation is 2. The number of hydrogen-bond donors (Lipinski definition) is 2. The molecule has 1 atom stereocenters. The molecule has 1 aliphatic carbocycles. The van der Waals surface area contributed by atoms with Gasteiger partial charge in [0, 0.05) is 74.0 Å². The Labute approximate surface area is 260 Å². The number of carbonyl (C=O) groups excluding carboxylic acids is 2. The maximum atomic E-state index is 13.3. The van der Waals surface area contributed by atoms with E-state index in [9.17, 15) is 9.59 Å². The summed E-state index contributed by atoms with van der Waals surface area (Å²) in [5.74, 6) is 0.748. The van der Waals surface area contributed by atoms with Crippen LogP contribution in [0.3, 0.4) is 0 Å². The third-order valence-corrected chi connectivity index (χ3v) is 8.33. The van der Waals surface area contributed by atoms with Gasteiger partial charge in [-0.15, -0.1) is 0 Å². The molecule has 0 saturated carbocycles. The van der Waals surface area contributed by atoms with Gasteiger partial charge in [-0.3, -0.25) is 19.5 Å². The van der Waals surface area contributed by atoms with E-state index >= 15 is 0 Å². The van der Waals surface area contributed by atoms with E-state index in [0.29, 0.717) is 17.3 Å².